The molecule has 2 atom stereocenters. The zero-order valence-electron chi connectivity index (χ0n) is 16.7. The molecule has 0 fully saturated rings. The predicted molar refractivity (Wildman–Crippen MR) is 109 cm³/mol. The highest BCUT2D eigenvalue weighted by Gasteiger charge is 2.40. The van der Waals surface area contributed by atoms with Gasteiger partial charge in [-0.2, -0.15) is 0 Å². The van der Waals surface area contributed by atoms with Crippen LogP contribution in [0.3, 0.4) is 0 Å². The van der Waals surface area contributed by atoms with Gasteiger partial charge in [-0.1, -0.05) is 31.2 Å². The van der Waals surface area contributed by atoms with Gasteiger partial charge in [0.1, 0.15) is 0 Å². The van der Waals surface area contributed by atoms with Crippen LogP contribution in [0.25, 0.3) is 0 Å². The molecule has 2 unspecified atom stereocenters. The van der Waals surface area contributed by atoms with E-state index in [4.69, 9.17) is 18.7 Å². The Balaban J connectivity index is 2.60. The molecule has 7 heteroatoms. The van der Waals surface area contributed by atoms with Gasteiger partial charge in [0.05, 0.1) is 20.8 Å². The standard InChI is InChI=1S/C21H27O6P/c1-5-10-20(22)27-21(16-13-14-18(24-3)19(15-16)25-4)28(23,26-6-2)17-11-8-7-9-12-17/h7-9,11-15,21H,5-6,10H2,1-4H3. The molecule has 6 nitrogen and oxygen atoms in total. The van der Waals surface area contributed by atoms with Gasteiger partial charge in [-0.15, -0.1) is 0 Å². The largest absolute Gasteiger partial charge is 0.493 e. The highest BCUT2D eigenvalue weighted by Crippen LogP contribution is 2.60. The van der Waals surface area contributed by atoms with Crippen LogP contribution >= 0.6 is 7.37 Å². The lowest BCUT2D eigenvalue weighted by molar-refractivity contribution is -0.146. The van der Waals surface area contributed by atoms with E-state index in [2.05, 4.69) is 0 Å². The van der Waals surface area contributed by atoms with Gasteiger partial charge in [0.25, 0.3) is 7.37 Å². The maximum Gasteiger partial charge on any atom is 0.306 e. The molecule has 0 radical (unpaired) electrons. The van der Waals surface area contributed by atoms with Gasteiger partial charge in [-0.05, 0) is 37.6 Å². The molecule has 2 aromatic carbocycles. The van der Waals surface area contributed by atoms with Crippen molar-refractivity contribution in [3.8, 4) is 11.5 Å². The SMILES string of the molecule is CCCC(=O)OC(c1ccc(OC)c(OC)c1)P(=O)(OCC)c1ccccc1. The maximum absolute atomic E-state index is 14.0. The maximum atomic E-state index is 14.0. The monoisotopic (exact) mass is 406 g/mol. The first-order valence-electron chi connectivity index (χ1n) is 9.21. The Morgan fingerprint density at radius 1 is 1.00 bits per heavy atom. The molecular formula is C21H27O6P. The van der Waals surface area contributed by atoms with Gasteiger partial charge in [0.2, 0.25) is 5.85 Å². The van der Waals surface area contributed by atoms with Crippen molar-refractivity contribution in [2.45, 2.75) is 32.5 Å². The Bertz CT molecular complexity index is 821. The quantitative estimate of drug-likeness (QED) is 0.421. The van der Waals surface area contributed by atoms with Gasteiger partial charge in [-0.25, -0.2) is 0 Å². The molecule has 0 saturated carbocycles. The predicted octanol–water partition coefficient (Wildman–Crippen LogP) is 4.69. The molecule has 0 amide bonds. The van der Waals surface area contributed by atoms with Crippen molar-refractivity contribution in [1.82, 2.24) is 0 Å². The summed E-state index contributed by atoms with van der Waals surface area (Å²) in [6, 6.07) is 13.9. The van der Waals surface area contributed by atoms with E-state index in [0.717, 1.165) is 0 Å². The van der Waals surface area contributed by atoms with E-state index in [1.165, 1.54) is 14.2 Å². The molecule has 152 valence electrons. The Morgan fingerprint density at radius 2 is 1.68 bits per heavy atom. The van der Waals surface area contributed by atoms with Crippen molar-refractivity contribution in [3.05, 3.63) is 54.1 Å². The average molecular weight is 406 g/mol. The van der Waals surface area contributed by atoms with Gasteiger partial charge in [0.15, 0.2) is 11.5 Å². The third kappa shape index (κ3) is 4.94. The molecule has 0 aliphatic heterocycles. The molecule has 0 spiro atoms. The number of esters is 1. The molecular weight excluding hydrogens is 379 g/mol. The number of ether oxygens (including phenoxy) is 3. The van der Waals surface area contributed by atoms with Gasteiger partial charge in [-0.3, -0.25) is 9.36 Å². The molecule has 0 N–H and O–H groups in total. The number of methoxy groups -OCH3 is 2. The Morgan fingerprint density at radius 3 is 2.25 bits per heavy atom. The van der Waals surface area contributed by atoms with Crippen molar-refractivity contribution in [3.63, 3.8) is 0 Å². The average Bonchev–Trinajstić information content (AvgIpc) is 2.72. The van der Waals surface area contributed by atoms with Crippen molar-refractivity contribution in [2.75, 3.05) is 20.8 Å². The third-order valence-electron chi connectivity index (χ3n) is 4.14. The number of benzene rings is 2. The number of rotatable bonds is 10. The molecule has 28 heavy (non-hydrogen) atoms. The summed E-state index contributed by atoms with van der Waals surface area (Å²) in [5, 5.41) is 0.487. The lowest BCUT2D eigenvalue weighted by atomic mass is 10.2. The van der Waals surface area contributed by atoms with E-state index in [0.29, 0.717) is 28.8 Å². The van der Waals surface area contributed by atoms with Crippen LogP contribution in [0.4, 0.5) is 0 Å². The zero-order chi connectivity index (χ0) is 20.6. The van der Waals surface area contributed by atoms with Crippen LogP contribution in [0.5, 0.6) is 11.5 Å². The number of hydrogen-bond donors (Lipinski definition) is 0. The van der Waals surface area contributed by atoms with Gasteiger partial charge >= 0.3 is 5.97 Å². The van der Waals surface area contributed by atoms with Gasteiger partial charge < -0.3 is 18.7 Å². The van der Waals surface area contributed by atoms with Crippen LogP contribution in [-0.2, 0) is 18.6 Å². The van der Waals surface area contributed by atoms with Crippen LogP contribution in [-0.4, -0.2) is 26.8 Å². The first kappa shape index (κ1) is 22.0. The lowest BCUT2D eigenvalue weighted by Gasteiger charge is -2.28. The summed E-state index contributed by atoms with van der Waals surface area (Å²) in [5.41, 5.74) is 0.516. The molecule has 0 saturated heterocycles. The fraction of sp³-hybridized carbons (Fsp3) is 0.381. The minimum Gasteiger partial charge on any atom is -0.493 e. The fourth-order valence-corrected chi connectivity index (χ4v) is 5.17. The van der Waals surface area contributed by atoms with Crippen LogP contribution < -0.4 is 14.8 Å². The summed E-state index contributed by atoms with van der Waals surface area (Å²) in [4.78, 5) is 12.3. The van der Waals surface area contributed by atoms with Crippen LogP contribution in [0.15, 0.2) is 48.5 Å². The van der Waals surface area contributed by atoms with Crippen molar-refractivity contribution in [2.24, 2.45) is 0 Å². The number of carbonyl (C=O) groups excluding carboxylic acids is 1. The summed E-state index contributed by atoms with van der Waals surface area (Å²) in [5.74, 6) is -0.546. The topological polar surface area (TPSA) is 71.1 Å². The zero-order valence-corrected chi connectivity index (χ0v) is 17.6. The van der Waals surface area contributed by atoms with Crippen LogP contribution in [0.1, 0.15) is 38.1 Å². The molecule has 0 aliphatic rings. The number of hydrogen-bond acceptors (Lipinski definition) is 6. The van der Waals surface area contributed by atoms with Crippen molar-refractivity contribution >= 4 is 18.6 Å². The van der Waals surface area contributed by atoms with E-state index in [9.17, 15) is 9.36 Å². The van der Waals surface area contributed by atoms with E-state index in [1.54, 1.807) is 49.4 Å². The smallest absolute Gasteiger partial charge is 0.306 e. The first-order valence-corrected chi connectivity index (χ1v) is 10.9. The van der Waals surface area contributed by atoms with Crippen molar-refractivity contribution < 1.29 is 28.1 Å². The van der Waals surface area contributed by atoms with Crippen molar-refractivity contribution in [1.29, 1.82) is 0 Å². The minimum absolute atomic E-state index is 0.210. The second-order valence-corrected chi connectivity index (χ2v) is 8.49. The van der Waals surface area contributed by atoms with Crippen LogP contribution in [0.2, 0.25) is 0 Å². The fourth-order valence-electron chi connectivity index (χ4n) is 2.83. The molecule has 2 rings (SSSR count). The van der Waals surface area contributed by atoms with Gasteiger partial charge in [0, 0.05) is 17.3 Å². The summed E-state index contributed by atoms with van der Waals surface area (Å²) in [6.07, 6.45) is 0.854. The lowest BCUT2D eigenvalue weighted by Crippen LogP contribution is -2.19. The highest BCUT2D eigenvalue weighted by molar-refractivity contribution is 7.67. The van der Waals surface area contributed by atoms with E-state index >= 15 is 0 Å². The molecule has 2 aromatic rings. The summed E-state index contributed by atoms with van der Waals surface area (Å²) in [6.45, 7) is 3.85. The molecule has 0 bridgehead atoms. The van der Waals surface area contributed by atoms with Crippen LogP contribution in [0, 0.1) is 0 Å². The van der Waals surface area contributed by atoms with E-state index in [1.807, 2.05) is 13.0 Å². The second kappa shape index (κ2) is 10.3. The molecule has 0 heterocycles. The Hall–Kier alpha value is -2.30. The molecule has 0 aromatic heterocycles. The summed E-state index contributed by atoms with van der Waals surface area (Å²) in [7, 11) is -0.529. The Labute approximate surface area is 166 Å². The summed E-state index contributed by atoms with van der Waals surface area (Å²) < 4.78 is 36.1. The Kier molecular flexibility index (Phi) is 8.09. The third-order valence-corrected chi connectivity index (χ3v) is 6.82. The summed E-state index contributed by atoms with van der Waals surface area (Å²) >= 11 is 0. The van der Waals surface area contributed by atoms with E-state index in [-0.39, 0.29) is 13.0 Å². The minimum atomic E-state index is -3.57. The molecule has 0 aliphatic carbocycles. The number of carbonyl (C=O) groups is 1. The highest BCUT2D eigenvalue weighted by atomic mass is 31.2. The normalized spacial score (nSPS) is 14.0. The first-order chi connectivity index (χ1) is 13.5. The van der Waals surface area contributed by atoms with E-state index < -0.39 is 19.2 Å². The second-order valence-electron chi connectivity index (χ2n) is 6.06.